The lowest BCUT2D eigenvalue weighted by Crippen LogP contribution is -1.91. The number of halogens is 2. The second-order valence-electron chi connectivity index (χ2n) is 3.17. The first-order valence-corrected chi connectivity index (χ1v) is 5.19. The molecule has 52 valence electrons. The predicted octanol–water partition coefficient (Wildman–Crippen LogP) is 3.29. The minimum Gasteiger partial charge on any atom is -0.0721 e. The molecule has 0 spiro atoms. The van der Waals surface area contributed by atoms with Crippen molar-refractivity contribution in [3.8, 4) is 0 Å². The van der Waals surface area contributed by atoms with Gasteiger partial charge in [-0.15, -0.1) is 0 Å². The summed E-state index contributed by atoms with van der Waals surface area (Å²) in [5.74, 6) is 1.90. The first-order valence-electron chi connectivity index (χ1n) is 3.61. The number of fused-ring (bicyclic) bond motifs is 1. The molecular weight excluding hydrogens is 244 g/mol. The molecule has 0 aromatic heterocycles. The molecule has 2 atom stereocenters. The van der Waals surface area contributed by atoms with Crippen molar-refractivity contribution in [3.63, 3.8) is 0 Å². The van der Waals surface area contributed by atoms with Crippen molar-refractivity contribution >= 4 is 31.9 Å². The van der Waals surface area contributed by atoms with Gasteiger partial charge >= 0.3 is 0 Å². The van der Waals surface area contributed by atoms with Crippen LogP contribution in [0, 0.1) is 11.8 Å². The van der Waals surface area contributed by atoms with Gasteiger partial charge in [0.2, 0.25) is 0 Å². The minimum atomic E-state index is 0.372. The van der Waals surface area contributed by atoms with Crippen molar-refractivity contribution in [1.29, 1.82) is 0 Å². The van der Waals surface area contributed by atoms with E-state index in [-0.39, 0.29) is 0 Å². The van der Waals surface area contributed by atoms with Crippen molar-refractivity contribution in [2.24, 2.45) is 11.8 Å². The summed E-state index contributed by atoms with van der Waals surface area (Å²) in [5, 5.41) is 0. The fourth-order valence-corrected chi connectivity index (χ4v) is 3.90. The first kappa shape index (κ1) is 6.66. The fourth-order valence-electron chi connectivity index (χ4n) is 1.98. The van der Waals surface area contributed by atoms with Crippen LogP contribution in [0.15, 0.2) is 0 Å². The zero-order valence-electron chi connectivity index (χ0n) is 5.24. The van der Waals surface area contributed by atoms with Crippen LogP contribution in [0.3, 0.4) is 0 Å². The summed E-state index contributed by atoms with van der Waals surface area (Å²) in [4.78, 5) is 0. The molecule has 0 amide bonds. The maximum Gasteiger partial charge on any atom is 0.0868 e. The van der Waals surface area contributed by atoms with Gasteiger partial charge < -0.3 is 0 Å². The third kappa shape index (κ3) is 0.900. The second kappa shape index (κ2) is 1.97. The van der Waals surface area contributed by atoms with Gasteiger partial charge in [-0.05, 0) is 24.7 Å². The molecule has 2 fully saturated rings. The van der Waals surface area contributed by atoms with Crippen molar-refractivity contribution in [3.05, 3.63) is 0 Å². The molecule has 2 aliphatic carbocycles. The summed E-state index contributed by atoms with van der Waals surface area (Å²) in [6.07, 6.45) is 5.75. The number of hydrogen-bond acceptors (Lipinski definition) is 0. The molecule has 0 aromatic carbocycles. The molecule has 9 heavy (non-hydrogen) atoms. The van der Waals surface area contributed by atoms with Gasteiger partial charge in [0.1, 0.15) is 0 Å². The van der Waals surface area contributed by atoms with Crippen molar-refractivity contribution < 1.29 is 0 Å². The van der Waals surface area contributed by atoms with Gasteiger partial charge in [0, 0.05) is 0 Å². The molecule has 2 saturated carbocycles. The Kier molecular flexibility index (Phi) is 1.46. The van der Waals surface area contributed by atoms with Gasteiger partial charge in [0.05, 0.1) is 3.23 Å². The van der Waals surface area contributed by atoms with Gasteiger partial charge in [-0.25, -0.2) is 0 Å². The van der Waals surface area contributed by atoms with Crippen LogP contribution in [0.1, 0.15) is 25.7 Å². The van der Waals surface area contributed by atoms with Crippen LogP contribution in [-0.4, -0.2) is 3.23 Å². The second-order valence-corrected chi connectivity index (χ2v) is 6.86. The fraction of sp³-hybridized carbons (Fsp3) is 1.00. The van der Waals surface area contributed by atoms with Gasteiger partial charge in [0.15, 0.2) is 0 Å². The smallest absolute Gasteiger partial charge is 0.0721 e. The van der Waals surface area contributed by atoms with Gasteiger partial charge in [-0.1, -0.05) is 44.7 Å². The molecule has 0 N–H and O–H groups in total. The Balaban J connectivity index is 2.06. The summed E-state index contributed by atoms with van der Waals surface area (Å²) in [7, 11) is 0. The van der Waals surface area contributed by atoms with Crippen LogP contribution < -0.4 is 0 Å². The molecule has 0 heterocycles. The van der Waals surface area contributed by atoms with Gasteiger partial charge in [0.25, 0.3) is 0 Å². The maximum atomic E-state index is 3.70. The molecule has 0 unspecified atom stereocenters. The lowest BCUT2D eigenvalue weighted by Gasteiger charge is -2.04. The summed E-state index contributed by atoms with van der Waals surface area (Å²) < 4.78 is 0.372. The summed E-state index contributed by atoms with van der Waals surface area (Å²) in [6.45, 7) is 0. The Morgan fingerprint density at radius 2 is 1.44 bits per heavy atom. The average molecular weight is 254 g/mol. The van der Waals surface area contributed by atoms with E-state index in [9.17, 15) is 0 Å². The number of hydrogen-bond donors (Lipinski definition) is 0. The lowest BCUT2D eigenvalue weighted by atomic mass is 10.0. The molecule has 2 rings (SSSR count). The van der Waals surface area contributed by atoms with E-state index in [2.05, 4.69) is 31.9 Å². The summed E-state index contributed by atoms with van der Waals surface area (Å²) in [6, 6.07) is 0. The van der Waals surface area contributed by atoms with E-state index in [1.807, 2.05) is 0 Å². The lowest BCUT2D eigenvalue weighted by molar-refractivity contribution is 0.480. The Labute approximate surface area is 72.7 Å². The van der Waals surface area contributed by atoms with Crippen LogP contribution in [0.5, 0.6) is 0 Å². The summed E-state index contributed by atoms with van der Waals surface area (Å²) >= 11 is 7.39. The quantitative estimate of drug-likeness (QED) is 0.582. The average Bonchev–Trinajstić information content (AvgIpc) is 2.39. The van der Waals surface area contributed by atoms with Gasteiger partial charge in [-0.3, -0.25) is 0 Å². The predicted molar refractivity (Wildman–Crippen MR) is 46.0 cm³/mol. The SMILES string of the molecule is BrC1(Br)[C@H]2CCCC[C@@H]21. The van der Waals surface area contributed by atoms with E-state index >= 15 is 0 Å². The molecule has 0 radical (unpaired) electrons. The Hall–Kier alpha value is 0.960. The van der Waals surface area contributed by atoms with E-state index < -0.39 is 0 Å². The van der Waals surface area contributed by atoms with Crippen molar-refractivity contribution in [1.82, 2.24) is 0 Å². The van der Waals surface area contributed by atoms with Crippen molar-refractivity contribution in [2.75, 3.05) is 0 Å². The molecule has 0 saturated heterocycles. The third-order valence-electron chi connectivity index (χ3n) is 2.65. The zero-order chi connectivity index (χ0) is 6.48. The van der Waals surface area contributed by atoms with E-state index in [1.165, 1.54) is 25.7 Å². The molecule has 0 aromatic rings. The van der Waals surface area contributed by atoms with Crippen molar-refractivity contribution in [2.45, 2.75) is 28.9 Å². The van der Waals surface area contributed by atoms with E-state index in [0.29, 0.717) is 3.23 Å². The highest BCUT2D eigenvalue weighted by Crippen LogP contribution is 2.67. The van der Waals surface area contributed by atoms with E-state index in [1.54, 1.807) is 0 Å². The maximum absolute atomic E-state index is 3.70. The van der Waals surface area contributed by atoms with Crippen LogP contribution >= 0.6 is 31.9 Å². The highest BCUT2D eigenvalue weighted by molar-refractivity contribution is 9.25. The van der Waals surface area contributed by atoms with Crippen LogP contribution in [0.2, 0.25) is 0 Å². The molecule has 0 bridgehead atoms. The monoisotopic (exact) mass is 252 g/mol. The molecule has 0 nitrogen and oxygen atoms in total. The molecule has 0 aliphatic heterocycles. The van der Waals surface area contributed by atoms with Gasteiger partial charge in [-0.2, -0.15) is 0 Å². The standard InChI is InChI=1S/C7H10Br2/c8-7(9)5-3-1-2-4-6(5)7/h5-6H,1-4H2/t5-,6-/m0/s1. The topological polar surface area (TPSA) is 0 Å². The minimum absolute atomic E-state index is 0.372. The third-order valence-corrected chi connectivity index (χ3v) is 5.00. The number of rotatable bonds is 0. The highest BCUT2D eigenvalue weighted by atomic mass is 79.9. The largest absolute Gasteiger partial charge is 0.0868 e. The van der Waals surface area contributed by atoms with Crippen LogP contribution in [0.4, 0.5) is 0 Å². The van der Waals surface area contributed by atoms with Crippen LogP contribution in [0.25, 0.3) is 0 Å². The highest BCUT2D eigenvalue weighted by Gasteiger charge is 2.61. The van der Waals surface area contributed by atoms with E-state index in [0.717, 1.165) is 11.8 Å². The first-order chi connectivity index (χ1) is 4.23. The normalized spacial score (nSPS) is 46.0. The Bertz CT molecular complexity index is 117. The molecular formula is C7H10Br2. The number of alkyl halides is 2. The Morgan fingerprint density at radius 3 is 1.78 bits per heavy atom. The summed E-state index contributed by atoms with van der Waals surface area (Å²) in [5.41, 5.74) is 0. The van der Waals surface area contributed by atoms with E-state index in [4.69, 9.17) is 0 Å². The zero-order valence-corrected chi connectivity index (χ0v) is 8.41. The Morgan fingerprint density at radius 1 is 1.00 bits per heavy atom. The molecule has 2 heteroatoms. The molecule has 2 aliphatic rings. The van der Waals surface area contributed by atoms with Crippen LogP contribution in [-0.2, 0) is 0 Å².